The molecular formula is C12H14ClF2NO3S2. The third-order valence-corrected chi connectivity index (χ3v) is 6.58. The fraction of sp³-hybridized carbons (Fsp3) is 0.583. The minimum atomic E-state index is -3.76. The monoisotopic (exact) mass is 357 g/mol. The first-order valence-corrected chi connectivity index (χ1v) is 9.49. The molecule has 0 spiro atoms. The first-order valence-electron chi connectivity index (χ1n) is 6.36. The number of alkyl halides is 2. The van der Waals surface area contributed by atoms with Crippen LogP contribution in [0.3, 0.4) is 0 Å². The summed E-state index contributed by atoms with van der Waals surface area (Å²) in [7, 11) is 1.45. The number of amides is 1. The Bertz CT molecular complexity index is 620. The van der Waals surface area contributed by atoms with Crippen molar-refractivity contribution in [2.75, 3.05) is 0 Å². The zero-order chi connectivity index (χ0) is 15.7. The van der Waals surface area contributed by atoms with Crippen LogP contribution >= 0.6 is 22.0 Å². The Kier molecular flexibility index (Phi) is 4.89. The SMILES string of the molecule is O=C(NCc1ccc(S(=O)(=O)Cl)s1)C1CCC(F)(F)CC1. The molecule has 0 aliphatic heterocycles. The van der Waals surface area contributed by atoms with E-state index >= 15 is 0 Å². The van der Waals surface area contributed by atoms with Gasteiger partial charge in [0.25, 0.3) is 9.05 Å². The highest BCUT2D eigenvalue weighted by atomic mass is 35.7. The van der Waals surface area contributed by atoms with Gasteiger partial charge in [-0.1, -0.05) is 0 Å². The number of nitrogens with one attached hydrogen (secondary N) is 1. The van der Waals surface area contributed by atoms with Crippen molar-refractivity contribution < 1.29 is 22.0 Å². The van der Waals surface area contributed by atoms with Crippen molar-refractivity contribution in [1.29, 1.82) is 0 Å². The lowest BCUT2D eigenvalue weighted by Crippen LogP contribution is -2.35. The molecule has 1 heterocycles. The van der Waals surface area contributed by atoms with E-state index in [0.29, 0.717) is 4.88 Å². The summed E-state index contributed by atoms with van der Waals surface area (Å²) in [6.45, 7) is 0.169. The van der Waals surface area contributed by atoms with E-state index in [9.17, 15) is 22.0 Å². The second-order valence-corrected chi connectivity index (χ2v) is 8.97. The molecule has 118 valence electrons. The Morgan fingerprint density at radius 1 is 1.38 bits per heavy atom. The third-order valence-electron chi connectivity index (χ3n) is 3.40. The molecule has 0 unspecified atom stereocenters. The van der Waals surface area contributed by atoms with Gasteiger partial charge in [-0.2, -0.15) is 0 Å². The Morgan fingerprint density at radius 2 is 2.00 bits per heavy atom. The molecule has 1 aromatic rings. The van der Waals surface area contributed by atoms with E-state index in [4.69, 9.17) is 10.7 Å². The molecule has 0 bridgehead atoms. The lowest BCUT2D eigenvalue weighted by atomic mass is 9.86. The summed E-state index contributed by atoms with van der Waals surface area (Å²) in [5, 5.41) is 2.65. The van der Waals surface area contributed by atoms with Gasteiger partial charge in [0.2, 0.25) is 11.8 Å². The van der Waals surface area contributed by atoms with E-state index in [-0.39, 0.29) is 42.3 Å². The zero-order valence-electron chi connectivity index (χ0n) is 10.9. The highest BCUT2D eigenvalue weighted by Gasteiger charge is 2.37. The van der Waals surface area contributed by atoms with Crippen LogP contribution in [0.1, 0.15) is 30.6 Å². The molecule has 1 fully saturated rings. The predicted molar refractivity (Wildman–Crippen MR) is 76.1 cm³/mol. The molecule has 1 aliphatic rings. The van der Waals surface area contributed by atoms with Gasteiger partial charge in [-0.25, -0.2) is 17.2 Å². The molecule has 1 N–H and O–H groups in total. The number of rotatable bonds is 4. The molecule has 0 aromatic carbocycles. The van der Waals surface area contributed by atoms with Crippen LogP contribution in [-0.4, -0.2) is 20.2 Å². The molecular weight excluding hydrogens is 344 g/mol. The highest BCUT2D eigenvalue weighted by Crippen LogP contribution is 2.36. The Hall–Kier alpha value is -0.730. The van der Waals surface area contributed by atoms with Gasteiger partial charge in [0, 0.05) is 34.3 Å². The van der Waals surface area contributed by atoms with Crippen molar-refractivity contribution >= 4 is 37.0 Å². The molecule has 0 atom stereocenters. The maximum Gasteiger partial charge on any atom is 0.270 e. The number of carbonyl (C=O) groups is 1. The summed E-state index contributed by atoms with van der Waals surface area (Å²) in [5.41, 5.74) is 0. The van der Waals surface area contributed by atoms with Crippen LogP contribution in [0, 0.1) is 5.92 Å². The summed E-state index contributed by atoms with van der Waals surface area (Å²) in [6.07, 6.45) is -0.188. The molecule has 0 saturated heterocycles. The largest absolute Gasteiger partial charge is 0.351 e. The quantitative estimate of drug-likeness (QED) is 0.842. The van der Waals surface area contributed by atoms with Crippen molar-refractivity contribution in [2.45, 2.75) is 42.4 Å². The van der Waals surface area contributed by atoms with Crippen LogP contribution in [0.2, 0.25) is 0 Å². The van der Waals surface area contributed by atoms with E-state index < -0.39 is 20.9 Å². The lowest BCUT2D eigenvalue weighted by molar-refractivity contribution is -0.129. The van der Waals surface area contributed by atoms with E-state index in [1.165, 1.54) is 6.07 Å². The summed E-state index contributed by atoms with van der Waals surface area (Å²) in [4.78, 5) is 12.5. The number of thiophene rings is 1. The fourth-order valence-electron chi connectivity index (χ4n) is 2.21. The van der Waals surface area contributed by atoms with Crippen molar-refractivity contribution in [3.63, 3.8) is 0 Å². The van der Waals surface area contributed by atoms with Gasteiger partial charge < -0.3 is 5.32 Å². The minimum Gasteiger partial charge on any atom is -0.351 e. The molecule has 1 amide bonds. The second kappa shape index (κ2) is 6.18. The standard InChI is InChI=1S/C12H14ClF2NO3S2/c13-21(18,19)10-2-1-9(20-10)7-16-11(17)8-3-5-12(14,15)6-4-8/h1-2,8H,3-7H2,(H,16,17). The maximum atomic E-state index is 13.0. The first-order chi connectivity index (χ1) is 9.67. The zero-order valence-corrected chi connectivity index (χ0v) is 13.3. The Labute approximate surface area is 129 Å². The van der Waals surface area contributed by atoms with Crippen molar-refractivity contribution in [2.24, 2.45) is 5.92 Å². The van der Waals surface area contributed by atoms with Gasteiger partial charge in [-0.05, 0) is 25.0 Å². The summed E-state index contributed by atoms with van der Waals surface area (Å²) < 4.78 is 48.3. The van der Waals surface area contributed by atoms with Gasteiger partial charge in [0.15, 0.2) is 0 Å². The van der Waals surface area contributed by atoms with Gasteiger partial charge in [0.1, 0.15) is 4.21 Å². The first kappa shape index (κ1) is 16.6. The topological polar surface area (TPSA) is 63.2 Å². The smallest absolute Gasteiger partial charge is 0.270 e. The number of carbonyl (C=O) groups excluding carboxylic acids is 1. The number of hydrogen-bond acceptors (Lipinski definition) is 4. The average molecular weight is 358 g/mol. The van der Waals surface area contributed by atoms with E-state index in [0.717, 1.165) is 11.3 Å². The van der Waals surface area contributed by atoms with E-state index in [2.05, 4.69) is 5.32 Å². The highest BCUT2D eigenvalue weighted by molar-refractivity contribution is 8.15. The maximum absolute atomic E-state index is 13.0. The lowest BCUT2D eigenvalue weighted by Gasteiger charge is -2.27. The molecule has 9 heteroatoms. The summed E-state index contributed by atoms with van der Waals surface area (Å²) in [5.74, 6) is -3.33. The van der Waals surface area contributed by atoms with Gasteiger partial charge >= 0.3 is 0 Å². The predicted octanol–water partition coefficient (Wildman–Crippen LogP) is 3.12. The number of halogens is 3. The molecule has 21 heavy (non-hydrogen) atoms. The van der Waals surface area contributed by atoms with Gasteiger partial charge in [-0.15, -0.1) is 11.3 Å². The molecule has 1 saturated carbocycles. The van der Waals surface area contributed by atoms with Crippen LogP contribution in [-0.2, 0) is 20.4 Å². The van der Waals surface area contributed by atoms with Crippen molar-refractivity contribution in [1.82, 2.24) is 5.32 Å². The van der Waals surface area contributed by atoms with Gasteiger partial charge in [0.05, 0.1) is 6.54 Å². The minimum absolute atomic E-state index is 0.0192. The Morgan fingerprint density at radius 3 is 2.52 bits per heavy atom. The van der Waals surface area contributed by atoms with Crippen molar-refractivity contribution in [3.8, 4) is 0 Å². The fourth-order valence-corrected chi connectivity index (χ4v) is 4.27. The molecule has 4 nitrogen and oxygen atoms in total. The Balaban J connectivity index is 1.86. The summed E-state index contributed by atoms with van der Waals surface area (Å²) in [6, 6.07) is 2.94. The molecule has 0 radical (unpaired) electrons. The molecule has 1 aromatic heterocycles. The van der Waals surface area contributed by atoms with Crippen LogP contribution in [0.25, 0.3) is 0 Å². The van der Waals surface area contributed by atoms with E-state index in [1.807, 2.05) is 0 Å². The number of hydrogen-bond donors (Lipinski definition) is 1. The van der Waals surface area contributed by atoms with Crippen molar-refractivity contribution in [3.05, 3.63) is 17.0 Å². The molecule has 1 aliphatic carbocycles. The van der Waals surface area contributed by atoms with E-state index in [1.54, 1.807) is 6.07 Å². The summed E-state index contributed by atoms with van der Waals surface area (Å²) >= 11 is 0.974. The van der Waals surface area contributed by atoms with Gasteiger partial charge in [-0.3, -0.25) is 4.79 Å². The third kappa shape index (κ3) is 4.62. The average Bonchev–Trinajstić information content (AvgIpc) is 2.84. The van der Waals surface area contributed by atoms with Crippen LogP contribution in [0.5, 0.6) is 0 Å². The normalized spacial score (nSPS) is 19.4. The second-order valence-electron chi connectivity index (χ2n) is 5.01. The van der Waals surface area contributed by atoms with Crippen LogP contribution in [0.4, 0.5) is 8.78 Å². The van der Waals surface area contributed by atoms with Crippen LogP contribution < -0.4 is 5.32 Å². The molecule has 2 rings (SSSR count). The van der Waals surface area contributed by atoms with Crippen LogP contribution in [0.15, 0.2) is 16.3 Å².